The van der Waals surface area contributed by atoms with E-state index in [1.54, 1.807) is 45.7 Å². The van der Waals surface area contributed by atoms with Gasteiger partial charge < -0.3 is 14.6 Å². The van der Waals surface area contributed by atoms with Gasteiger partial charge in [-0.2, -0.15) is 4.98 Å². The molecule has 1 aliphatic rings. The Hall–Kier alpha value is -3.06. The largest absolute Gasteiger partial charge is 0.495 e. The maximum atomic E-state index is 10.3. The van der Waals surface area contributed by atoms with Crippen LogP contribution in [-0.4, -0.2) is 38.8 Å². The summed E-state index contributed by atoms with van der Waals surface area (Å²) in [7, 11) is 1.64. The number of pyridine rings is 2. The van der Waals surface area contributed by atoms with E-state index in [0.29, 0.717) is 30.1 Å². The average molecular weight is 406 g/mol. The van der Waals surface area contributed by atoms with Gasteiger partial charge in [-0.25, -0.2) is 4.98 Å². The number of nitrogens with zero attached hydrogens (tertiary/aromatic N) is 4. The van der Waals surface area contributed by atoms with Crippen molar-refractivity contribution in [1.29, 1.82) is 0 Å². The van der Waals surface area contributed by atoms with Gasteiger partial charge in [-0.15, -0.1) is 0 Å². The zero-order valence-electron chi connectivity index (χ0n) is 17.7. The first-order chi connectivity index (χ1) is 14.3. The van der Waals surface area contributed by atoms with E-state index >= 15 is 0 Å². The van der Waals surface area contributed by atoms with Crippen LogP contribution in [0.2, 0.25) is 0 Å². The van der Waals surface area contributed by atoms with Crippen molar-refractivity contribution in [3.8, 4) is 22.8 Å². The normalized spacial score (nSPS) is 18.2. The highest BCUT2D eigenvalue weighted by Gasteiger charge is 2.40. The highest BCUT2D eigenvalue weighted by molar-refractivity contribution is 5.67. The molecule has 0 radical (unpaired) electrons. The molecule has 0 bridgehead atoms. The van der Waals surface area contributed by atoms with Crippen molar-refractivity contribution >= 4 is 0 Å². The van der Waals surface area contributed by atoms with Gasteiger partial charge in [0.25, 0.3) is 0 Å². The number of aliphatic hydroxyl groups is 1. The third-order valence-corrected chi connectivity index (χ3v) is 5.36. The first-order valence-corrected chi connectivity index (χ1v) is 10.00. The summed E-state index contributed by atoms with van der Waals surface area (Å²) in [5, 5.41) is 10.3. The fourth-order valence-corrected chi connectivity index (χ4v) is 3.39. The van der Waals surface area contributed by atoms with Gasteiger partial charge in [0.15, 0.2) is 0 Å². The molecular formula is C23H26N4O3. The Morgan fingerprint density at radius 3 is 2.67 bits per heavy atom. The van der Waals surface area contributed by atoms with E-state index in [1.807, 2.05) is 25.1 Å². The van der Waals surface area contributed by atoms with Crippen molar-refractivity contribution in [3.05, 3.63) is 60.1 Å². The third kappa shape index (κ3) is 4.41. The number of aromatic nitrogens is 4. The van der Waals surface area contributed by atoms with Crippen LogP contribution in [0.3, 0.4) is 0 Å². The zero-order valence-corrected chi connectivity index (χ0v) is 17.7. The van der Waals surface area contributed by atoms with Gasteiger partial charge in [0.2, 0.25) is 5.88 Å². The number of hydrogen-bond acceptors (Lipinski definition) is 7. The van der Waals surface area contributed by atoms with Gasteiger partial charge in [0.05, 0.1) is 31.1 Å². The Morgan fingerprint density at radius 1 is 1.13 bits per heavy atom. The smallest absolute Gasteiger partial charge is 0.224 e. The minimum atomic E-state index is -0.984. The molecule has 0 spiro atoms. The molecule has 1 aliphatic carbocycles. The summed E-state index contributed by atoms with van der Waals surface area (Å²) in [6.07, 6.45) is 7.93. The van der Waals surface area contributed by atoms with Crippen LogP contribution >= 0.6 is 0 Å². The monoisotopic (exact) mass is 406 g/mol. The summed E-state index contributed by atoms with van der Waals surface area (Å²) in [4.78, 5) is 17.6. The van der Waals surface area contributed by atoms with Crippen molar-refractivity contribution in [3.63, 3.8) is 0 Å². The van der Waals surface area contributed by atoms with E-state index in [0.717, 1.165) is 34.6 Å². The Kier molecular flexibility index (Phi) is 5.39. The predicted octanol–water partition coefficient (Wildman–Crippen LogP) is 3.66. The van der Waals surface area contributed by atoms with Gasteiger partial charge in [0, 0.05) is 47.2 Å². The molecule has 0 aromatic carbocycles. The van der Waals surface area contributed by atoms with Crippen LogP contribution in [0.25, 0.3) is 11.1 Å². The summed E-state index contributed by atoms with van der Waals surface area (Å²) in [5.41, 5.74) is 2.38. The van der Waals surface area contributed by atoms with E-state index in [1.165, 1.54) is 0 Å². The van der Waals surface area contributed by atoms with Crippen molar-refractivity contribution in [1.82, 2.24) is 19.9 Å². The van der Waals surface area contributed by atoms with E-state index in [4.69, 9.17) is 9.47 Å². The Balaban J connectivity index is 1.50. The summed E-state index contributed by atoms with van der Waals surface area (Å²) >= 11 is 0. The second kappa shape index (κ2) is 7.99. The molecule has 0 amide bonds. The summed E-state index contributed by atoms with van der Waals surface area (Å²) < 4.78 is 11.3. The van der Waals surface area contributed by atoms with Crippen LogP contribution < -0.4 is 9.47 Å². The van der Waals surface area contributed by atoms with Crippen molar-refractivity contribution in [2.24, 2.45) is 5.92 Å². The Morgan fingerprint density at radius 2 is 1.97 bits per heavy atom. The lowest BCUT2D eigenvalue weighted by Crippen LogP contribution is -2.15. The molecule has 30 heavy (non-hydrogen) atoms. The molecule has 0 aliphatic heterocycles. The molecule has 1 saturated carbocycles. The van der Waals surface area contributed by atoms with E-state index < -0.39 is 5.60 Å². The van der Waals surface area contributed by atoms with Gasteiger partial charge in [-0.1, -0.05) is 0 Å². The van der Waals surface area contributed by atoms with E-state index in [-0.39, 0.29) is 0 Å². The van der Waals surface area contributed by atoms with E-state index in [2.05, 4.69) is 19.9 Å². The van der Waals surface area contributed by atoms with Gasteiger partial charge in [0.1, 0.15) is 11.6 Å². The quantitative estimate of drug-likeness (QED) is 0.640. The summed E-state index contributed by atoms with van der Waals surface area (Å²) in [6.45, 7) is 5.86. The van der Waals surface area contributed by atoms with Crippen molar-refractivity contribution in [2.45, 2.75) is 38.7 Å². The molecule has 2 atom stereocenters. The second-order valence-corrected chi connectivity index (χ2v) is 8.19. The highest BCUT2D eigenvalue weighted by atomic mass is 16.5. The maximum absolute atomic E-state index is 10.3. The number of hydrogen-bond donors (Lipinski definition) is 1. The maximum Gasteiger partial charge on any atom is 0.224 e. The van der Waals surface area contributed by atoms with Crippen LogP contribution in [0.5, 0.6) is 11.6 Å². The minimum absolute atomic E-state index is 0.391. The Bertz CT molecular complexity index is 1030. The molecule has 3 aromatic rings. The second-order valence-electron chi connectivity index (χ2n) is 8.19. The molecule has 7 nitrogen and oxygen atoms in total. The number of methoxy groups -OCH3 is 1. The molecule has 3 aromatic heterocycles. The van der Waals surface area contributed by atoms with Crippen LogP contribution in [0.1, 0.15) is 43.3 Å². The molecule has 156 valence electrons. The van der Waals surface area contributed by atoms with Crippen LogP contribution in [0.4, 0.5) is 0 Å². The fourth-order valence-electron chi connectivity index (χ4n) is 3.39. The number of aryl methyl sites for hydroxylation is 1. The first-order valence-electron chi connectivity index (χ1n) is 10.00. The van der Waals surface area contributed by atoms with Gasteiger partial charge >= 0.3 is 0 Å². The molecule has 3 heterocycles. The van der Waals surface area contributed by atoms with Crippen LogP contribution in [0.15, 0.2) is 43.0 Å². The van der Waals surface area contributed by atoms with E-state index in [9.17, 15) is 5.11 Å². The van der Waals surface area contributed by atoms with Crippen LogP contribution in [-0.2, 0) is 5.60 Å². The molecular weight excluding hydrogens is 380 g/mol. The number of rotatable bonds is 7. The van der Waals surface area contributed by atoms with Gasteiger partial charge in [-0.3, -0.25) is 9.97 Å². The lowest BCUT2D eigenvalue weighted by molar-refractivity contribution is 0.0783. The first kappa shape index (κ1) is 20.2. The number of ether oxygens (including phenoxy) is 2. The summed E-state index contributed by atoms with van der Waals surface area (Å²) in [5.74, 6) is 2.72. The molecule has 4 rings (SSSR count). The van der Waals surface area contributed by atoms with Crippen molar-refractivity contribution in [2.75, 3.05) is 13.7 Å². The highest BCUT2D eigenvalue weighted by Crippen LogP contribution is 2.47. The SMILES string of the molecule is COc1ccc([C@H]2C[C@@H]2COc2nc(C)ncc2-c2cncc(C(C)(C)O)c2)nc1. The molecule has 0 unspecified atom stereocenters. The summed E-state index contributed by atoms with van der Waals surface area (Å²) in [6, 6.07) is 5.85. The molecule has 1 fully saturated rings. The Labute approximate surface area is 176 Å². The average Bonchev–Trinajstić information content (AvgIpc) is 3.51. The third-order valence-electron chi connectivity index (χ3n) is 5.36. The molecule has 0 saturated heterocycles. The fraction of sp³-hybridized carbons (Fsp3) is 0.391. The van der Waals surface area contributed by atoms with Gasteiger partial charge in [-0.05, 0) is 45.4 Å². The topological polar surface area (TPSA) is 90.2 Å². The lowest BCUT2D eigenvalue weighted by atomic mass is 9.97. The van der Waals surface area contributed by atoms with Crippen LogP contribution in [0, 0.1) is 12.8 Å². The lowest BCUT2D eigenvalue weighted by Gasteiger charge is -2.18. The molecule has 1 N–H and O–H groups in total. The standard InChI is InChI=1S/C23H26N4O3/c1-14-25-12-20(15-7-17(10-24-9-15)23(2,3)28)22(27-14)30-13-16-8-19(16)21-6-5-18(29-4)11-26-21/h5-7,9-12,16,19,28H,8,13H2,1-4H3/t16-,19+/m1/s1. The molecule has 7 heteroatoms. The predicted molar refractivity (Wildman–Crippen MR) is 112 cm³/mol. The van der Waals surface area contributed by atoms with Crippen molar-refractivity contribution < 1.29 is 14.6 Å². The zero-order chi connectivity index (χ0) is 21.3. The minimum Gasteiger partial charge on any atom is -0.495 e.